The second kappa shape index (κ2) is 5.06. The van der Waals surface area contributed by atoms with E-state index in [1.165, 1.54) is 11.9 Å². The Morgan fingerprint density at radius 1 is 0.889 bits per heavy atom. The molecule has 3 nitrogen and oxygen atoms in total. The van der Waals surface area contributed by atoms with E-state index in [0.29, 0.717) is 0 Å². The highest BCUT2D eigenvalue weighted by atomic mass is 32.2. The molecular formula is C14H11N3S. The van der Waals surface area contributed by atoms with Gasteiger partial charge in [0.05, 0.1) is 5.52 Å². The fourth-order valence-electron chi connectivity index (χ4n) is 1.65. The van der Waals surface area contributed by atoms with E-state index in [1.54, 1.807) is 12.4 Å². The summed E-state index contributed by atoms with van der Waals surface area (Å²) in [6.07, 6.45) is 3.59. The van der Waals surface area contributed by atoms with E-state index in [1.807, 2.05) is 36.4 Å². The van der Waals surface area contributed by atoms with Gasteiger partial charge in [0.15, 0.2) is 0 Å². The second-order valence-corrected chi connectivity index (χ2v) is 4.61. The Kier molecular flexibility index (Phi) is 3.10. The van der Waals surface area contributed by atoms with Crippen molar-refractivity contribution in [1.82, 2.24) is 9.97 Å². The summed E-state index contributed by atoms with van der Waals surface area (Å²) in [6.45, 7) is 0. The third kappa shape index (κ3) is 2.43. The zero-order valence-corrected chi connectivity index (χ0v) is 10.4. The molecule has 0 aliphatic heterocycles. The highest BCUT2D eigenvalue weighted by molar-refractivity contribution is 8.00. The molecule has 88 valence electrons. The molecule has 0 aliphatic carbocycles. The number of anilines is 1. The number of fused-ring (bicyclic) bond motifs is 1. The van der Waals surface area contributed by atoms with Crippen molar-refractivity contribution >= 4 is 28.5 Å². The first-order valence-electron chi connectivity index (χ1n) is 5.60. The topological polar surface area (TPSA) is 37.8 Å². The second-order valence-electron chi connectivity index (χ2n) is 3.78. The molecule has 0 aliphatic rings. The molecule has 0 atom stereocenters. The van der Waals surface area contributed by atoms with Crippen LogP contribution in [0.5, 0.6) is 0 Å². The summed E-state index contributed by atoms with van der Waals surface area (Å²) in [7, 11) is 0. The van der Waals surface area contributed by atoms with Crippen LogP contribution in [0.15, 0.2) is 66.0 Å². The van der Waals surface area contributed by atoms with Gasteiger partial charge in [-0.1, -0.05) is 18.2 Å². The van der Waals surface area contributed by atoms with E-state index in [4.69, 9.17) is 0 Å². The summed E-state index contributed by atoms with van der Waals surface area (Å²) in [5, 5.41) is 2.09. The normalized spacial score (nSPS) is 10.4. The van der Waals surface area contributed by atoms with Crippen molar-refractivity contribution in [3.05, 3.63) is 60.9 Å². The Hall–Kier alpha value is -2.07. The smallest absolute Gasteiger partial charge is 0.116 e. The van der Waals surface area contributed by atoms with Crippen LogP contribution in [-0.2, 0) is 0 Å². The Morgan fingerprint density at radius 3 is 2.72 bits per heavy atom. The number of benzene rings is 1. The summed E-state index contributed by atoms with van der Waals surface area (Å²) in [6, 6.07) is 16.0. The predicted molar refractivity (Wildman–Crippen MR) is 75.5 cm³/mol. The molecule has 1 aromatic carbocycles. The zero-order chi connectivity index (χ0) is 12.2. The minimum Gasteiger partial charge on any atom is -0.324 e. The Labute approximate surface area is 109 Å². The van der Waals surface area contributed by atoms with Crippen LogP contribution in [0.1, 0.15) is 0 Å². The highest BCUT2D eigenvalue weighted by Gasteiger charge is 1.98. The number of hydrogen-bond donors (Lipinski definition) is 1. The molecule has 0 saturated heterocycles. The first kappa shape index (κ1) is 11.0. The van der Waals surface area contributed by atoms with Gasteiger partial charge >= 0.3 is 0 Å². The van der Waals surface area contributed by atoms with Crippen LogP contribution < -0.4 is 4.72 Å². The van der Waals surface area contributed by atoms with Gasteiger partial charge in [-0.05, 0) is 30.3 Å². The fourth-order valence-corrected chi connectivity index (χ4v) is 2.26. The molecule has 2 aromatic heterocycles. The number of nitrogens with zero attached hydrogens (tertiary/aromatic N) is 2. The van der Waals surface area contributed by atoms with E-state index in [9.17, 15) is 0 Å². The van der Waals surface area contributed by atoms with Crippen molar-refractivity contribution in [2.24, 2.45) is 0 Å². The van der Waals surface area contributed by atoms with Crippen molar-refractivity contribution in [3.63, 3.8) is 0 Å². The maximum Gasteiger partial charge on any atom is 0.116 e. The molecule has 2 heterocycles. The van der Waals surface area contributed by atoms with Crippen LogP contribution in [0.4, 0.5) is 5.69 Å². The minimum absolute atomic E-state index is 0.943. The SMILES string of the molecule is c1ccc(SNc2ccc3cccnc3c2)nc1. The molecule has 0 amide bonds. The van der Waals surface area contributed by atoms with Crippen molar-refractivity contribution < 1.29 is 0 Å². The van der Waals surface area contributed by atoms with E-state index < -0.39 is 0 Å². The monoisotopic (exact) mass is 253 g/mol. The first-order chi connectivity index (χ1) is 8.92. The van der Waals surface area contributed by atoms with Gasteiger partial charge in [0, 0.05) is 35.4 Å². The summed E-state index contributed by atoms with van der Waals surface area (Å²) < 4.78 is 3.27. The maximum absolute atomic E-state index is 4.33. The summed E-state index contributed by atoms with van der Waals surface area (Å²) in [5.74, 6) is 0. The van der Waals surface area contributed by atoms with Crippen LogP contribution in [0.3, 0.4) is 0 Å². The third-order valence-corrected chi connectivity index (χ3v) is 3.31. The average molecular weight is 253 g/mol. The van der Waals surface area contributed by atoms with Crippen molar-refractivity contribution in [1.29, 1.82) is 0 Å². The Balaban J connectivity index is 1.79. The Morgan fingerprint density at radius 2 is 1.83 bits per heavy atom. The van der Waals surface area contributed by atoms with Crippen LogP contribution in [0.25, 0.3) is 10.9 Å². The number of nitrogens with one attached hydrogen (secondary N) is 1. The lowest BCUT2D eigenvalue weighted by Crippen LogP contribution is -1.88. The molecule has 0 radical (unpaired) electrons. The highest BCUT2D eigenvalue weighted by Crippen LogP contribution is 2.22. The van der Waals surface area contributed by atoms with Gasteiger partial charge in [0.1, 0.15) is 5.03 Å². The molecule has 0 fully saturated rings. The molecule has 0 saturated carbocycles. The largest absolute Gasteiger partial charge is 0.324 e. The number of hydrogen-bond acceptors (Lipinski definition) is 4. The lowest BCUT2D eigenvalue weighted by Gasteiger charge is -2.05. The van der Waals surface area contributed by atoms with E-state index in [2.05, 4.69) is 26.8 Å². The molecule has 3 rings (SSSR count). The minimum atomic E-state index is 0.943. The van der Waals surface area contributed by atoms with Crippen molar-refractivity contribution in [2.75, 3.05) is 4.72 Å². The van der Waals surface area contributed by atoms with E-state index in [0.717, 1.165) is 21.6 Å². The van der Waals surface area contributed by atoms with Gasteiger partial charge in [-0.15, -0.1) is 0 Å². The van der Waals surface area contributed by atoms with Crippen LogP contribution in [0, 0.1) is 0 Å². The van der Waals surface area contributed by atoms with Crippen LogP contribution in [-0.4, -0.2) is 9.97 Å². The van der Waals surface area contributed by atoms with E-state index in [-0.39, 0.29) is 0 Å². The predicted octanol–water partition coefficient (Wildman–Crippen LogP) is 3.75. The maximum atomic E-state index is 4.33. The average Bonchev–Trinajstić information content (AvgIpc) is 2.46. The fraction of sp³-hybridized carbons (Fsp3) is 0. The molecule has 0 bridgehead atoms. The molecular weight excluding hydrogens is 242 g/mol. The van der Waals surface area contributed by atoms with Gasteiger partial charge in [-0.2, -0.15) is 0 Å². The van der Waals surface area contributed by atoms with E-state index >= 15 is 0 Å². The summed E-state index contributed by atoms with van der Waals surface area (Å²) in [5.41, 5.74) is 2.01. The van der Waals surface area contributed by atoms with Gasteiger partial charge < -0.3 is 4.72 Å². The third-order valence-electron chi connectivity index (χ3n) is 2.52. The quantitative estimate of drug-likeness (QED) is 0.721. The lowest BCUT2D eigenvalue weighted by molar-refractivity contribution is 1.14. The molecule has 0 unspecified atom stereocenters. The van der Waals surface area contributed by atoms with Crippen molar-refractivity contribution in [3.8, 4) is 0 Å². The number of aromatic nitrogens is 2. The molecule has 0 spiro atoms. The first-order valence-corrected chi connectivity index (χ1v) is 6.42. The summed E-state index contributed by atoms with van der Waals surface area (Å²) in [4.78, 5) is 8.57. The standard InChI is InChI=1S/C14H11N3S/c1-2-8-16-14(5-1)18-17-12-7-6-11-4-3-9-15-13(11)10-12/h1-10,17H. The van der Waals surface area contributed by atoms with Gasteiger partial charge in [-0.25, -0.2) is 4.98 Å². The number of pyridine rings is 2. The molecule has 3 aromatic rings. The van der Waals surface area contributed by atoms with Gasteiger partial charge in [0.2, 0.25) is 0 Å². The molecule has 18 heavy (non-hydrogen) atoms. The summed E-state index contributed by atoms with van der Waals surface area (Å²) >= 11 is 1.49. The van der Waals surface area contributed by atoms with Gasteiger partial charge in [0.25, 0.3) is 0 Å². The number of rotatable bonds is 3. The van der Waals surface area contributed by atoms with Crippen LogP contribution >= 0.6 is 11.9 Å². The molecule has 4 heteroatoms. The van der Waals surface area contributed by atoms with Crippen molar-refractivity contribution in [2.45, 2.75) is 5.03 Å². The van der Waals surface area contributed by atoms with Gasteiger partial charge in [-0.3, -0.25) is 4.98 Å². The Bertz CT molecular complexity index is 655. The lowest BCUT2D eigenvalue weighted by atomic mass is 10.2. The van der Waals surface area contributed by atoms with Crippen LogP contribution in [0.2, 0.25) is 0 Å². The zero-order valence-electron chi connectivity index (χ0n) is 9.58. The molecule has 1 N–H and O–H groups in total.